The third-order valence-electron chi connectivity index (χ3n) is 5.86. The van der Waals surface area contributed by atoms with Crippen molar-refractivity contribution in [3.8, 4) is 0 Å². The second-order valence-corrected chi connectivity index (χ2v) is 10.1. The van der Waals surface area contributed by atoms with Crippen molar-refractivity contribution in [1.82, 2.24) is 0 Å². The van der Waals surface area contributed by atoms with E-state index < -0.39 is 11.6 Å². The largest absolute Gasteiger partial charge is 0.354 e. The predicted molar refractivity (Wildman–Crippen MR) is 149 cm³/mol. The van der Waals surface area contributed by atoms with Crippen LogP contribution in [0, 0.1) is 0 Å². The molecule has 0 spiro atoms. The monoisotopic (exact) mass is 524 g/mol. The third-order valence-corrected chi connectivity index (χ3v) is 5.86. The molecule has 2 heterocycles. The van der Waals surface area contributed by atoms with E-state index in [4.69, 9.17) is 37.9 Å². The van der Waals surface area contributed by atoms with Gasteiger partial charge in [0, 0.05) is 28.4 Å². The highest BCUT2D eigenvalue weighted by Crippen LogP contribution is 2.34. The minimum absolute atomic E-state index is 0.132. The molecule has 2 rings (SSSR count). The van der Waals surface area contributed by atoms with Crippen molar-refractivity contribution >= 4 is 0 Å². The van der Waals surface area contributed by atoms with Crippen LogP contribution in [-0.2, 0) is 37.9 Å². The van der Waals surface area contributed by atoms with Crippen LogP contribution in [0.15, 0.2) is 26.3 Å². The van der Waals surface area contributed by atoms with Gasteiger partial charge in [-0.15, -0.1) is 26.3 Å². The molecule has 0 aromatic heterocycles. The average Bonchev–Trinajstić information content (AvgIpc) is 3.21. The fourth-order valence-electron chi connectivity index (χ4n) is 1.95. The van der Waals surface area contributed by atoms with Gasteiger partial charge in [-0.1, -0.05) is 0 Å². The number of ether oxygens (including phenoxy) is 8. The lowest BCUT2D eigenvalue weighted by Gasteiger charge is -2.30. The molecule has 0 saturated carbocycles. The molecule has 2 fully saturated rings. The van der Waals surface area contributed by atoms with E-state index in [1.807, 2.05) is 83.1 Å². The smallest absolute Gasteiger partial charge is 0.163 e. The molecule has 2 aliphatic heterocycles. The van der Waals surface area contributed by atoms with E-state index in [0.717, 1.165) is 0 Å². The lowest BCUT2D eigenvalue weighted by Crippen LogP contribution is -2.41. The lowest BCUT2D eigenvalue weighted by atomic mass is 9.90. The van der Waals surface area contributed by atoms with Crippen molar-refractivity contribution in [2.75, 3.05) is 35.2 Å². The first-order valence-corrected chi connectivity index (χ1v) is 12.1. The van der Waals surface area contributed by atoms with Crippen LogP contribution < -0.4 is 0 Å². The summed E-state index contributed by atoms with van der Waals surface area (Å²) in [6.45, 7) is 35.9. The molecule has 8 heteroatoms. The Morgan fingerprint density at radius 3 is 0.861 bits per heavy atom. The van der Waals surface area contributed by atoms with E-state index in [1.165, 1.54) is 0 Å². The molecule has 2 saturated heterocycles. The van der Waals surface area contributed by atoms with E-state index in [1.54, 1.807) is 28.4 Å². The first-order chi connectivity index (χ1) is 16.2. The molecule has 220 valence electrons. The van der Waals surface area contributed by atoms with Crippen molar-refractivity contribution in [3.63, 3.8) is 0 Å². The van der Waals surface area contributed by atoms with Crippen molar-refractivity contribution in [2.45, 2.75) is 124 Å². The molecule has 0 bridgehead atoms. The SMILES string of the molecule is C=C.C=C.CC1(C)OCOC1(C)C.CC1OC(C)(C)OC1C.COC(C)(C)OC.COC(C)(C)OC. The molecule has 8 nitrogen and oxygen atoms in total. The first-order valence-electron chi connectivity index (χ1n) is 12.1. The summed E-state index contributed by atoms with van der Waals surface area (Å²) < 4.78 is 41.0. The Hall–Kier alpha value is -0.840. The van der Waals surface area contributed by atoms with Gasteiger partial charge in [0.2, 0.25) is 0 Å². The Morgan fingerprint density at radius 1 is 0.583 bits per heavy atom. The van der Waals surface area contributed by atoms with E-state index in [0.29, 0.717) is 6.79 Å². The van der Waals surface area contributed by atoms with Crippen LogP contribution in [0.2, 0.25) is 0 Å². The summed E-state index contributed by atoms with van der Waals surface area (Å²) in [5, 5.41) is 0. The van der Waals surface area contributed by atoms with Crippen LogP contribution >= 0.6 is 0 Å². The highest BCUT2D eigenvalue weighted by molar-refractivity contribution is 4.91. The summed E-state index contributed by atoms with van der Waals surface area (Å²) in [5.74, 6) is -1.20. The van der Waals surface area contributed by atoms with Gasteiger partial charge >= 0.3 is 0 Å². The van der Waals surface area contributed by atoms with Gasteiger partial charge < -0.3 is 37.9 Å². The zero-order valence-corrected chi connectivity index (χ0v) is 26.5. The Labute approximate surface area is 223 Å². The fraction of sp³-hybridized carbons (Fsp3) is 0.857. The Morgan fingerprint density at radius 2 is 0.806 bits per heavy atom. The molecule has 2 aliphatic rings. The molecule has 0 N–H and O–H groups in total. The highest BCUT2D eigenvalue weighted by atomic mass is 16.8. The average molecular weight is 525 g/mol. The maximum Gasteiger partial charge on any atom is 0.163 e. The van der Waals surface area contributed by atoms with Gasteiger partial charge in [0.15, 0.2) is 17.4 Å². The molecule has 0 radical (unpaired) electrons. The maximum absolute atomic E-state index is 5.44. The molecule has 36 heavy (non-hydrogen) atoms. The topological polar surface area (TPSA) is 73.8 Å². The van der Waals surface area contributed by atoms with Crippen molar-refractivity contribution in [2.24, 2.45) is 0 Å². The van der Waals surface area contributed by atoms with E-state index >= 15 is 0 Å². The molecule has 0 amide bonds. The van der Waals surface area contributed by atoms with Crippen LogP contribution in [0.3, 0.4) is 0 Å². The Balaban J connectivity index is -0.000000182. The fourth-order valence-corrected chi connectivity index (χ4v) is 1.95. The van der Waals surface area contributed by atoms with E-state index in [2.05, 4.69) is 26.3 Å². The minimum atomic E-state index is -0.417. The summed E-state index contributed by atoms with van der Waals surface area (Å²) >= 11 is 0. The van der Waals surface area contributed by atoms with Gasteiger partial charge in [0.25, 0.3) is 0 Å². The van der Waals surface area contributed by atoms with Crippen LogP contribution in [0.25, 0.3) is 0 Å². The lowest BCUT2D eigenvalue weighted by molar-refractivity contribution is -0.179. The molecule has 2 atom stereocenters. The van der Waals surface area contributed by atoms with Gasteiger partial charge in [-0.3, -0.25) is 0 Å². The van der Waals surface area contributed by atoms with Crippen LogP contribution in [0.4, 0.5) is 0 Å². The predicted octanol–water partition coefficient (Wildman–Crippen LogP) is 6.73. The van der Waals surface area contributed by atoms with Gasteiger partial charge in [-0.25, -0.2) is 0 Å². The quantitative estimate of drug-likeness (QED) is 0.296. The van der Waals surface area contributed by atoms with Crippen molar-refractivity contribution in [3.05, 3.63) is 26.3 Å². The minimum Gasteiger partial charge on any atom is -0.354 e. The molecular formula is C28H60O8. The zero-order chi connectivity index (χ0) is 30.0. The number of methoxy groups -OCH3 is 4. The van der Waals surface area contributed by atoms with E-state index in [-0.39, 0.29) is 29.2 Å². The van der Waals surface area contributed by atoms with E-state index in [9.17, 15) is 0 Å². The summed E-state index contributed by atoms with van der Waals surface area (Å²) in [7, 11) is 6.46. The molecule has 2 unspecified atom stereocenters. The Bertz CT molecular complexity index is 474. The maximum atomic E-state index is 5.44. The van der Waals surface area contributed by atoms with Gasteiger partial charge in [-0.05, 0) is 83.1 Å². The van der Waals surface area contributed by atoms with Crippen LogP contribution in [-0.4, -0.2) is 76.0 Å². The van der Waals surface area contributed by atoms with Gasteiger partial charge in [0.05, 0.1) is 23.4 Å². The molecule has 0 aromatic rings. The van der Waals surface area contributed by atoms with Crippen LogP contribution in [0.5, 0.6) is 0 Å². The Kier molecular flexibility index (Phi) is 22.6. The first kappa shape index (κ1) is 42.3. The zero-order valence-electron chi connectivity index (χ0n) is 26.5. The van der Waals surface area contributed by atoms with Crippen molar-refractivity contribution in [1.29, 1.82) is 0 Å². The highest BCUT2D eigenvalue weighted by Gasteiger charge is 2.44. The summed E-state index contributed by atoms with van der Waals surface area (Å²) in [5.41, 5.74) is -0.264. The van der Waals surface area contributed by atoms with Crippen molar-refractivity contribution < 1.29 is 37.9 Å². The summed E-state index contributed by atoms with van der Waals surface area (Å²) in [4.78, 5) is 0. The second kappa shape index (κ2) is 19.3. The van der Waals surface area contributed by atoms with Crippen LogP contribution in [0.1, 0.15) is 83.1 Å². The standard InChI is InChI=1S/2C7H14O2.2C5H12O2.2C2H4/c1-6(2)7(3,4)9-5-8-6;1-5-6(2)9-7(3,4)8-5;2*1-5(2,6-3)7-4;2*1-2/h5H2,1-4H3;5-6H,1-4H3;2*1-4H3;2*1-2H2. The normalized spacial score (nSPS) is 22.9. The number of hydrogen-bond donors (Lipinski definition) is 0. The molecule has 0 aliphatic carbocycles. The third kappa shape index (κ3) is 19.3. The summed E-state index contributed by atoms with van der Waals surface area (Å²) in [6, 6.07) is 0. The van der Waals surface area contributed by atoms with Gasteiger partial charge in [0.1, 0.15) is 6.79 Å². The molecule has 0 aromatic carbocycles. The number of rotatable bonds is 4. The second-order valence-electron chi connectivity index (χ2n) is 10.1. The van der Waals surface area contributed by atoms with Gasteiger partial charge in [-0.2, -0.15) is 0 Å². The molecular weight excluding hydrogens is 464 g/mol. The number of hydrogen-bond acceptors (Lipinski definition) is 8. The summed E-state index contributed by atoms with van der Waals surface area (Å²) in [6.07, 6.45) is 0.472.